The molecule has 2 aromatic rings. The summed E-state index contributed by atoms with van der Waals surface area (Å²) in [5.74, 6) is 1.63. The number of pyridine rings is 1. The number of amides is 2. The van der Waals surface area contributed by atoms with Crippen molar-refractivity contribution in [3.8, 4) is 17.2 Å². The molecule has 1 saturated heterocycles. The normalized spacial score (nSPS) is 15.7. The zero-order valence-corrected chi connectivity index (χ0v) is 16.8. The third-order valence-electron chi connectivity index (χ3n) is 5.17. The van der Waals surface area contributed by atoms with Gasteiger partial charge < -0.3 is 24.4 Å². The van der Waals surface area contributed by atoms with Crippen molar-refractivity contribution in [2.75, 3.05) is 51.9 Å². The van der Waals surface area contributed by atoms with Crippen LogP contribution in [0.2, 0.25) is 0 Å². The summed E-state index contributed by atoms with van der Waals surface area (Å²) >= 11 is 0. The minimum absolute atomic E-state index is 0.0930. The fourth-order valence-electron chi connectivity index (χ4n) is 3.53. The van der Waals surface area contributed by atoms with E-state index in [-0.39, 0.29) is 25.2 Å². The first kappa shape index (κ1) is 20.0. The molecular weight excluding hydrogens is 388 g/mol. The number of rotatable bonds is 6. The number of methoxy groups -OCH3 is 1. The zero-order valence-electron chi connectivity index (χ0n) is 16.8. The Morgan fingerprint density at radius 1 is 1.10 bits per heavy atom. The second kappa shape index (κ2) is 9.00. The number of piperazine rings is 1. The van der Waals surface area contributed by atoms with Crippen LogP contribution in [-0.2, 0) is 16.0 Å². The van der Waals surface area contributed by atoms with Gasteiger partial charge in [-0.15, -0.1) is 0 Å². The summed E-state index contributed by atoms with van der Waals surface area (Å²) in [5, 5.41) is 2.88. The first-order valence-electron chi connectivity index (χ1n) is 9.79. The molecule has 158 valence electrons. The lowest BCUT2D eigenvalue weighted by atomic mass is 10.1. The van der Waals surface area contributed by atoms with E-state index in [9.17, 15) is 9.59 Å². The smallest absolute Gasteiger partial charge is 0.238 e. The maximum atomic E-state index is 12.5. The number of hydrogen-bond acceptors (Lipinski definition) is 7. The van der Waals surface area contributed by atoms with Gasteiger partial charge in [0, 0.05) is 50.7 Å². The van der Waals surface area contributed by atoms with Gasteiger partial charge in [-0.2, -0.15) is 0 Å². The largest absolute Gasteiger partial charge is 0.494 e. The molecule has 9 nitrogen and oxygen atoms in total. The minimum atomic E-state index is -0.149. The number of aromatic nitrogens is 1. The highest BCUT2D eigenvalue weighted by molar-refractivity contribution is 5.94. The fourth-order valence-corrected chi connectivity index (χ4v) is 3.53. The molecule has 1 aromatic carbocycles. The van der Waals surface area contributed by atoms with Crippen molar-refractivity contribution in [2.45, 2.75) is 6.42 Å². The number of carbonyl (C=O) groups is 2. The Labute approximate surface area is 174 Å². The Hall–Kier alpha value is -3.33. The maximum absolute atomic E-state index is 12.5. The number of ether oxygens (including phenoxy) is 3. The van der Waals surface area contributed by atoms with E-state index in [1.165, 1.54) is 7.11 Å². The zero-order chi connectivity index (χ0) is 20.9. The van der Waals surface area contributed by atoms with Crippen LogP contribution in [-0.4, -0.2) is 73.2 Å². The molecule has 0 spiro atoms. The van der Waals surface area contributed by atoms with Crippen LogP contribution in [0.1, 0.15) is 5.56 Å². The van der Waals surface area contributed by atoms with Gasteiger partial charge in [-0.25, -0.2) is 0 Å². The van der Waals surface area contributed by atoms with Crippen molar-refractivity contribution in [1.82, 2.24) is 14.8 Å². The maximum Gasteiger partial charge on any atom is 0.238 e. The molecule has 1 fully saturated rings. The van der Waals surface area contributed by atoms with Gasteiger partial charge in [0.1, 0.15) is 5.75 Å². The SMILES string of the molecule is COc1cc2c(cc1NC(=O)CN1CCN(C(=O)Cc3ccncc3)CC1)OCO2. The Morgan fingerprint density at radius 2 is 1.80 bits per heavy atom. The third-order valence-corrected chi connectivity index (χ3v) is 5.17. The lowest BCUT2D eigenvalue weighted by Gasteiger charge is -2.34. The number of carbonyl (C=O) groups excluding carboxylic acids is 2. The summed E-state index contributed by atoms with van der Waals surface area (Å²) in [7, 11) is 1.54. The number of nitrogens with zero attached hydrogens (tertiary/aromatic N) is 3. The van der Waals surface area contributed by atoms with Crippen LogP contribution < -0.4 is 19.5 Å². The quantitative estimate of drug-likeness (QED) is 0.761. The highest BCUT2D eigenvalue weighted by Crippen LogP contribution is 2.40. The molecule has 2 aliphatic heterocycles. The van der Waals surface area contributed by atoms with E-state index in [0.29, 0.717) is 55.5 Å². The average Bonchev–Trinajstić information content (AvgIpc) is 3.21. The van der Waals surface area contributed by atoms with Gasteiger partial charge in [-0.05, 0) is 17.7 Å². The van der Waals surface area contributed by atoms with E-state index < -0.39 is 0 Å². The standard InChI is InChI=1S/C21H24N4O5/c1-28-17-12-19-18(29-14-30-19)11-16(17)23-20(26)13-24-6-8-25(9-7-24)21(27)10-15-2-4-22-5-3-15/h2-5,11-12H,6-10,13-14H2,1H3,(H,23,26). The second-order valence-corrected chi connectivity index (χ2v) is 7.14. The third kappa shape index (κ3) is 4.62. The molecule has 3 heterocycles. The Balaban J connectivity index is 1.27. The van der Waals surface area contributed by atoms with E-state index in [1.54, 1.807) is 24.5 Å². The minimum Gasteiger partial charge on any atom is -0.494 e. The molecule has 0 saturated carbocycles. The number of hydrogen-bond donors (Lipinski definition) is 1. The lowest BCUT2D eigenvalue weighted by Crippen LogP contribution is -2.50. The van der Waals surface area contributed by atoms with Crippen LogP contribution in [0, 0.1) is 0 Å². The van der Waals surface area contributed by atoms with Crippen molar-refractivity contribution < 1.29 is 23.8 Å². The summed E-state index contributed by atoms with van der Waals surface area (Å²) in [5.41, 5.74) is 1.49. The lowest BCUT2D eigenvalue weighted by molar-refractivity contribution is -0.132. The number of benzene rings is 1. The number of nitrogens with one attached hydrogen (secondary N) is 1. The Morgan fingerprint density at radius 3 is 2.50 bits per heavy atom. The summed E-state index contributed by atoms with van der Waals surface area (Å²) in [6, 6.07) is 7.10. The summed E-state index contributed by atoms with van der Waals surface area (Å²) < 4.78 is 16.0. The van der Waals surface area contributed by atoms with Crippen molar-refractivity contribution >= 4 is 17.5 Å². The molecule has 0 atom stereocenters. The van der Waals surface area contributed by atoms with Crippen molar-refractivity contribution in [3.63, 3.8) is 0 Å². The fraction of sp³-hybridized carbons (Fsp3) is 0.381. The van der Waals surface area contributed by atoms with Crippen molar-refractivity contribution in [3.05, 3.63) is 42.2 Å². The highest BCUT2D eigenvalue weighted by Gasteiger charge is 2.24. The molecule has 0 aliphatic carbocycles. The van der Waals surface area contributed by atoms with Crippen LogP contribution >= 0.6 is 0 Å². The summed E-state index contributed by atoms with van der Waals surface area (Å²) in [4.78, 5) is 32.9. The van der Waals surface area contributed by atoms with Crippen LogP contribution in [0.25, 0.3) is 0 Å². The molecular formula is C21H24N4O5. The molecule has 2 aliphatic rings. The van der Waals surface area contributed by atoms with Gasteiger partial charge >= 0.3 is 0 Å². The van der Waals surface area contributed by atoms with E-state index in [4.69, 9.17) is 14.2 Å². The first-order chi connectivity index (χ1) is 14.6. The molecule has 1 N–H and O–H groups in total. The molecule has 0 unspecified atom stereocenters. The van der Waals surface area contributed by atoms with E-state index in [2.05, 4.69) is 10.3 Å². The van der Waals surface area contributed by atoms with Crippen LogP contribution in [0.3, 0.4) is 0 Å². The number of anilines is 1. The van der Waals surface area contributed by atoms with Crippen LogP contribution in [0.15, 0.2) is 36.7 Å². The first-order valence-corrected chi connectivity index (χ1v) is 9.79. The average molecular weight is 412 g/mol. The highest BCUT2D eigenvalue weighted by atomic mass is 16.7. The second-order valence-electron chi connectivity index (χ2n) is 7.14. The van der Waals surface area contributed by atoms with E-state index >= 15 is 0 Å². The van der Waals surface area contributed by atoms with Crippen molar-refractivity contribution in [2.24, 2.45) is 0 Å². The predicted molar refractivity (Wildman–Crippen MR) is 109 cm³/mol. The van der Waals surface area contributed by atoms with E-state index in [0.717, 1.165) is 5.56 Å². The summed E-state index contributed by atoms with van der Waals surface area (Å²) in [6.45, 7) is 2.89. The Kier molecular flexibility index (Phi) is 5.99. The number of fused-ring (bicyclic) bond motifs is 1. The molecule has 9 heteroatoms. The van der Waals surface area contributed by atoms with Gasteiger partial charge in [0.2, 0.25) is 18.6 Å². The molecule has 2 amide bonds. The van der Waals surface area contributed by atoms with Gasteiger partial charge in [0.25, 0.3) is 0 Å². The molecule has 1 aromatic heterocycles. The monoisotopic (exact) mass is 412 g/mol. The van der Waals surface area contributed by atoms with Crippen molar-refractivity contribution in [1.29, 1.82) is 0 Å². The van der Waals surface area contributed by atoms with Gasteiger partial charge in [-0.3, -0.25) is 19.5 Å². The van der Waals surface area contributed by atoms with Gasteiger partial charge in [0.05, 0.1) is 25.8 Å². The van der Waals surface area contributed by atoms with E-state index in [1.807, 2.05) is 21.9 Å². The van der Waals surface area contributed by atoms with Crippen LogP contribution in [0.4, 0.5) is 5.69 Å². The van der Waals surface area contributed by atoms with Crippen LogP contribution in [0.5, 0.6) is 17.2 Å². The molecule has 30 heavy (non-hydrogen) atoms. The summed E-state index contributed by atoms with van der Waals surface area (Å²) in [6.07, 6.45) is 3.75. The molecule has 0 radical (unpaired) electrons. The predicted octanol–water partition coefficient (Wildman–Crippen LogP) is 1.14. The van der Waals surface area contributed by atoms with Gasteiger partial charge in [-0.1, -0.05) is 0 Å². The Bertz CT molecular complexity index is 913. The molecule has 4 rings (SSSR count). The van der Waals surface area contributed by atoms with Gasteiger partial charge in [0.15, 0.2) is 11.5 Å². The topological polar surface area (TPSA) is 93.2 Å². The molecule has 0 bridgehead atoms.